The van der Waals surface area contributed by atoms with E-state index < -0.39 is 5.82 Å². The smallest absolute Gasteiger partial charge is 0.253 e. The maximum absolute atomic E-state index is 13.2. The number of carbonyl (C=O) groups is 1. The fourth-order valence-corrected chi connectivity index (χ4v) is 3.06. The van der Waals surface area contributed by atoms with Crippen LogP contribution in [-0.4, -0.2) is 11.9 Å². The summed E-state index contributed by atoms with van der Waals surface area (Å²) in [6.45, 7) is 2.08. The minimum atomic E-state index is -0.435. The SMILES string of the molecule is CCC(NC(=O)c1cc(F)ccc1N)C1CCCCC1. The van der Waals surface area contributed by atoms with Gasteiger partial charge in [-0.1, -0.05) is 26.2 Å². The molecule has 0 spiro atoms. The summed E-state index contributed by atoms with van der Waals surface area (Å²) in [5.41, 5.74) is 6.32. The second kappa shape index (κ2) is 6.73. The second-order valence-electron chi connectivity index (χ2n) is 5.62. The Balaban J connectivity index is 2.06. The van der Waals surface area contributed by atoms with Gasteiger partial charge in [0.15, 0.2) is 0 Å². The summed E-state index contributed by atoms with van der Waals surface area (Å²) < 4.78 is 13.2. The van der Waals surface area contributed by atoms with E-state index in [4.69, 9.17) is 5.73 Å². The molecule has 1 atom stereocenters. The number of hydrogen-bond donors (Lipinski definition) is 2. The number of nitrogens with two attached hydrogens (primary N) is 1. The molecule has 0 aliphatic heterocycles. The number of nitrogens with one attached hydrogen (secondary N) is 1. The predicted molar refractivity (Wildman–Crippen MR) is 78.9 cm³/mol. The number of hydrogen-bond acceptors (Lipinski definition) is 2. The molecule has 20 heavy (non-hydrogen) atoms. The van der Waals surface area contributed by atoms with Crippen molar-refractivity contribution in [2.24, 2.45) is 5.92 Å². The van der Waals surface area contributed by atoms with Crippen LogP contribution in [0.2, 0.25) is 0 Å². The highest BCUT2D eigenvalue weighted by molar-refractivity contribution is 5.99. The van der Waals surface area contributed by atoms with Crippen molar-refractivity contribution in [3.8, 4) is 0 Å². The summed E-state index contributed by atoms with van der Waals surface area (Å²) in [4.78, 5) is 12.3. The minimum absolute atomic E-state index is 0.158. The van der Waals surface area contributed by atoms with Crippen LogP contribution in [0.25, 0.3) is 0 Å². The molecular formula is C16H23FN2O. The highest BCUT2D eigenvalue weighted by atomic mass is 19.1. The number of halogens is 1. The summed E-state index contributed by atoms with van der Waals surface area (Å²) in [6, 6.07) is 4.07. The molecule has 2 rings (SSSR count). The van der Waals surface area contributed by atoms with Crippen LogP contribution in [0.15, 0.2) is 18.2 Å². The molecule has 1 saturated carbocycles. The van der Waals surface area contributed by atoms with Crippen molar-refractivity contribution in [1.29, 1.82) is 0 Å². The van der Waals surface area contributed by atoms with Gasteiger partial charge in [0.05, 0.1) is 5.56 Å². The van der Waals surface area contributed by atoms with Crippen molar-refractivity contribution < 1.29 is 9.18 Å². The number of nitrogen functional groups attached to an aromatic ring is 1. The number of anilines is 1. The van der Waals surface area contributed by atoms with Crippen LogP contribution in [0.5, 0.6) is 0 Å². The predicted octanol–water partition coefficient (Wildman–Crippen LogP) is 3.50. The van der Waals surface area contributed by atoms with E-state index in [1.54, 1.807) is 0 Å². The van der Waals surface area contributed by atoms with Gasteiger partial charge in [-0.3, -0.25) is 4.79 Å². The zero-order valence-electron chi connectivity index (χ0n) is 12.0. The first-order valence-corrected chi connectivity index (χ1v) is 7.47. The van der Waals surface area contributed by atoms with Crippen molar-refractivity contribution >= 4 is 11.6 Å². The third-order valence-electron chi connectivity index (χ3n) is 4.24. The molecule has 1 aliphatic carbocycles. The first kappa shape index (κ1) is 14.8. The fraction of sp³-hybridized carbons (Fsp3) is 0.562. The molecule has 1 aliphatic rings. The highest BCUT2D eigenvalue weighted by Crippen LogP contribution is 2.28. The van der Waals surface area contributed by atoms with E-state index >= 15 is 0 Å². The Morgan fingerprint density at radius 2 is 2.10 bits per heavy atom. The molecule has 1 aromatic carbocycles. The van der Waals surface area contributed by atoms with E-state index in [0.29, 0.717) is 11.6 Å². The largest absolute Gasteiger partial charge is 0.398 e. The van der Waals surface area contributed by atoms with Crippen LogP contribution in [0.1, 0.15) is 55.8 Å². The molecule has 1 unspecified atom stereocenters. The quantitative estimate of drug-likeness (QED) is 0.828. The van der Waals surface area contributed by atoms with Gasteiger partial charge in [0.2, 0.25) is 0 Å². The van der Waals surface area contributed by atoms with Crippen LogP contribution in [-0.2, 0) is 0 Å². The van der Waals surface area contributed by atoms with Gasteiger partial charge in [0.1, 0.15) is 5.82 Å². The third kappa shape index (κ3) is 3.50. The molecule has 0 bridgehead atoms. The summed E-state index contributed by atoms with van der Waals surface area (Å²) in [7, 11) is 0. The van der Waals surface area contributed by atoms with Gasteiger partial charge in [-0.2, -0.15) is 0 Å². The lowest BCUT2D eigenvalue weighted by atomic mass is 9.83. The zero-order chi connectivity index (χ0) is 14.5. The molecule has 0 heterocycles. The number of rotatable bonds is 4. The zero-order valence-corrected chi connectivity index (χ0v) is 12.0. The molecular weight excluding hydrogens is 255 g/mol. The van der Waals surface area contributed by atoms with Crippen LogP contribution >= 0.6 is 0 Å². The Morgan fingerprint density at radius 1 is 1.40 bits per heavy atom. The molecule has 0 aromatic heterocycles. The minimum Gasteiger partial charge on any atom is -0.398 e. The average Bonchev–Trinajstić information content (AvgIpc) is 2.48. The van der Waals surface area contributed by atoms with Crippen molar-refractivity contribution in [1.82, 2.24) is 5.32 Å². The van der Waals surface area contributed by atoms with Crippen LogP contribution in [0.3, 0.4) is 0 Å². The van der Waals surface area contributed by atoms with Crippen LogP contribution in [0, 0.1) is 11.7 Å². The molecule has 1 amide bonds. The molecule has 4 heteroatoms. The second-order valence-corrected chi connectivity index (χ2v) is 5.62. The number of benzene rings is 1. The van der Waals surface area contributed by atoms with Gasteiger partial charge in [-0.15, -0.1) is 0 Å². The van der Waals surface area contributed by atoms with Gasteiger partial charge >= 0.3 is 0 Å². The molecule has 0 saturated heterocycles. The van der Waals surface area contributed by atoms with Crippen molar-refractivity contribution in [2.45, 2.75) is 51.5 Å². The number of amides is 1. The van der Waals surface area contributed by atoms with E-state index in [-0.39, 0.29) is 17.5 Å². The van der Waals surface area contributed by atoms with Crippen molar-refractivity contribution in [2.75, 3.05) is 5.73 Å². The molecule has 110 valence electrons. The molecule has 0 radical (unpaired) electrons. The summed E-state index contributed by atoms with van der Waals surface area (Å²) in [5, 5.41) is 3.04. The molecule has 3 nitrogen and oxygen atoms in total. The normalized spacial score (nSPS) is 17.7. The Hall–Kier alpha value is -1.58. The monoisotopic (exact) mass is 278 g/mol. The lowest BCUT2D eigenvalue weighted by Gasteiger charge is -2.30. The van der Waals surface area contributed by atoms with Gasteiger partial charge < -0.3 is 11.1 Å². The third-order valence-corrected chi connectivity index (χ3v) is 4.24. The van der Waals surface area contributed by atoms with E-state index in [0.717, 1.165) is 19.3 Å². The van der Waals surface area contributed by atoms with Crippen LogP contribution in [0.4, 0.5) is 10.1 Å². The molecule has 3 N–H and O–H groups in total. The Kier molecular flexibility index (Phi) is 4.99. The van der Waals surface area contributed by atoms with Gasteiger partial charge in [-0.05, 0) is 43.4 Å². The Bertz CT molecular complexity index is 470. The first-order chi connectivity index (χ1) is 9.61. The highest BCUT2D eigenvalue weighted by Gasteiger charge is 2.24. The maximum atomic E-state index is 13.2. The fourth-order valence-electron chi connectivity index (χ4n) is 3.06. The average molecular weight is 278 g/mol. The van der Waals surface area contributed by atoms with Gasteiger partial charge in [-0.25, -0.2) is 4.39 Å². The maximum Gasteiger partial charge on any atom is 0.253 e. The molecule has 1 fully saturated rings. The van der Waals surface area contributed by atoms with Crippen molar-refractivity contribution in [3.63, 3.8) is 0 Å². The van der Waals surface area contributed by atoms with E-state index in [9.17, 15) is 9.18 Å². The lowest BCUT2D eigenvalue weighted by Crippen LogP contribution is -2.40. The topological polar surface area (TPSA) is 55.1 Å². The Morgan fingerprint density at radius 3 is 2.75 bits per heavy atom. The van der Waals surface area contributed by atoms with E-state index in [1.165, 1.54) is 37.5 Å². The first-order valence-electron chi connectivity index (χ1n) is 7.47. The standard InChI is InChI=1S/C16H23FN2O/c1-2-15(11-6-4-3-5-7-11)19-16(20)13-10-12(17)8-9-14(13)18/h8-11,15H,2-7,18H2,1H3,(H,19,20). The Labute approximate surface area is 119 Å². The van der Waals surface area contributed by atoms with Gasteiger partial charge in [0.25, 0.3) is 5.91 Å². The van der Waals surface area contributed by atoms with Gasteiger partial charge in [0, 0.05) is 11.7 Å². The summed E-state index contributed by atoms with van der Waals surface area (Å²) in [5.74, 6) is -0.165. The lowest BCUT2D eigenvalue weighted by molar-refractivity contribution is 0.0911. The summed E-state index contributed by atoms with van der Waals surface area (Å²) >= 11 is 0. The van der Waals surface area contributed by atoms with Crippen LogP contribution < -0.4 is 11.1 Å². The summed E-state index contributed by atoms with van der Waals surface area (Å²) in [6.07, 6.45) is 6.98. The van der Waals surface area contributed by atoms with E-state index in [2.05, 4.69) is 12.2 Å². The number of carbonyl (C=O) groups excluding carboxylic acids is 1. The molecule has 1 aromatic rings. The van der Waals surface area contributed by atoms with Crippen molar-refractivity contribution in [3.05, 3.63) is 29.6 Å². The van der Waals surface area contributed by atoms with E-state index in [1.807, 2.05) is 0 Å².